The van der Waals surface area contributed by atoms with Crippen LogP contribution >= 0.6 is 0 Å². The standard InChI is InChI=1S/C19H23NO3/c1-14-10-15(2)12-20(11-14)19(21)18-16(8-9-22-18)13-23-17-6-4-3-5-7-17/h3-9,14-15H,10-13H2,1-2H3. The summed E-state index contributed by atoms with van der Waals surface area (Å²) in [5.41, 5.74) is 0.796. The van der Waals surface area contributed by atoms with E-state index in [4.69, 9.17) is 9.15 Å². The number of benzene rings is 1. The average molecular weight is 313 g/mol. The number of carbonyl (C=O) groups excluding carboxylic acids is 1. The second-order valence-electron chi connectivity index (χ2n) is 6.53. The summed E-state index contributed by atoms with van der Waals surface area (Å²) in [5, 5.41) is 0. The number of ether oxygens (including phenoxy) is 1. The van der Waals surface area contributed by atoms with Crippen molar-refractivity contribution in [2.75, 3.05) is 13.1 Å². The van der Waals surface area contributed by atoms with Crippen molar-refractivity contribution in [3.8, 4) is 5.75 Å². The van der Waals surface area contributed by atoms with Crippen molar-refractivity contribution in [3.05, 3.63) is 54.0 Å². The zero-order chi connectivity index (χ0) is 16.2. The SMILES string of the molecule is CC1CC(C)CN(C(=O)c2occc2COc2ccccc2)C1. The van der Waals surface area contributed by atoms with Crippen molar-refractivity contribution >= 4 is 5.91 Å². The molecule has 0 radical (unpaired) electrons. The first-order chi connectivity index (χ1) is 11.1. The molecule has 2 atom stereocenters. The number of hydrogen-bond acceptors (Lipinski definition) is 3. The van der Waals surface area contributed by atoms with Gasteiger partial charge in [-0.05, 0) is 36.5 Å². The molecule has 0 bridgehead atoms. The molecule has 1 aliphatic rings. The van der Waals surface area contributed by atoms with Crippen LogP contribution in [0.2, 0.25) is 0 Å². The van der Waals surface area contributed by atoms with E-state index in [2.05, 4.69) is 13.8 Å². The third kappa shape index (κ3) is 3.76. The summed E-state index contributed by atoms with van der Waals surface area (Å²) in [6.45, 7) is 6.31. The largest absolute Gasteiger partial charge is 0.489 e. The fourth-order valence-corrected chi connectivity index (χ4v) is 3.29. The Morgan fingerprint density at radius 1 is 1.17 bits per heavy atom. The minimum atomic E-state index is -0.0277. The summed E-state index contributed by atoms with van der Waals surface area (Å²) < 4.78 is 11.2. The van der Waals surface area contributed by atoms with Crippen LogP contribution in [-0.4, -0.2) is 23.9 Å². The van der Waals surface area contributed by atoms with Gasteiger partial charge < -0.3 is 14.1 Å². The number of hydrogen-bond donors (Lipinski definition) is 0. The highest BCUT2D eigenvalue weighted by Gasteiger charge is 2.29. The zero-order valence-electron chi connectivity index (χ0n) is 13.7. The van der Waals surface area contributed by atoms with Crippen LogP contribution in [0.25, 0.3) is 0 Å². The summed E-state index contributed by atoms with van der Waals surface area (Å²) in [4.78, 5) is 14.7. The first-order valence-electron chi connectivity index (χ1n) is 8.17. The lowest BCUT2D eigenvalue weighted by molar-refractivity contribution is 0.0588. The molecule has 0 saturated carbocycles. The Balaban J connectivity index is 1.69. The molecule has 1 amide bonds. The molecule has 4 heteroatoms. The van der Waals surface area contributed by atoms with E-state index in [1.807, 2.05) is 41.3 Å². The Morgan fingerprint density at radius 3 is 2.57 bits per heavy atom. The van der Waals surface area contributed by atoms with Crippen molar-refractivity contribution in [2.45, 2.75) is 26.9 Å². The topological polar surface area (TPSA) is 42.7 Å². The lowest BCUT2D eigenvalue weighted by Crippen LogP contribution is -2.42. The average Bonchev–Trinajstić information content (AvgIpc) is 3.00. The predicted octanol–water partition coefficient (Wildman–Crippen LogP) is 3.98. The summed E-state index contributed by atoms with van der Waals surface area (Å²) in [6, 6.07) is 11.4. The quantitative estimate of drug-likeness (QED) is 0.857. The van der Waals surface area contributed by atoms with Gasteiger partial charge in [-0.3, -0.25) is 4.79 Å². The predicted molar refractivity (Wildman–Crippen MR) is 88.3 cm³/mol. The number of nitrogens with zero attached hydrogens (tertiary/aromatic N) is 1. The Labute approximate surface area is 137 Å². The molecule has 0 aliphatic carbocycles. The van der Waals surface area contributed by atoms with E-state index in [1.165, 1.54) is 6.42 Å². The second kappa shape index (κ2) is 6.90. The normalized spacial score (nSPS) is 21.2. The first kappa shape index (κ1) is 15.7. The van der Waals surface area contributed by atoms with Crippen molar-refractivity contribution in [3.63, 3.8) is 0 Å². The van der Waals surface area contributed by atoms with Crippen LogP contribution in [0.4, 0.5) is 0 Å². The Hall–Kier alpha value is -2.23. The maximum absolute atomic E-state index is 12.8. The first-order valence-corrected chi connectivity index (χ1v) is 8.17. The molecule has 1 aromatic carbocycles. The van der Waals surface area contributed by atoms with E-state index in [0.29, 0.717) is 24.2 Å². The number of para-hydroxylation sites is 1. The van der Waals surface area contributed by atoms with Gasteiger partial charge in [0, 0.05) is 18.7 Å². The maximum atomic E-state index is 12.8. The van der Waals surface area contributed by atoms with Crippen LogP contribution in [-0.2, 0) is 6.61 Å². The van der Waals surface area contributed by atoms with Gasteiger partial charge in [-0.1, -0.05) is 32.0 Å². The van der Waals surface area contributed by atoms with Crippen LogP contribution in [0.1, 0.15) is 36.4 Å². The molecule has 0 spiro atoms. The molecule has 23 heavy (non-hydrogen) atoms. The third-order valence-corrected chi connectivity index (χ3v) is 4.23. The molecule has 4 nitrogen and oxygen atoms in total. The van der Waals surface area contributed by atoms with E-state index in [9.17, 15) is 4.79 Å². The summed E-state index contributed by atoms with van der Waals surface area (Å²) in [5.74, 6) is 2.22. The molecule has 0 N–H and O–H groups in total. The summed E-state index contributed by atoms with van der Waals surface area (Å²) in [6.07, 6.45) is 2.74. The molecule has 3 rings (SSSR count). The van der Waals surface area contributed by atoms with Crippen LogP contribution in [0.5, 0.6) is 5.75 Å². The van der Waals surface area contributed by atoms with E-state index in [1.54, 1.807) is 6.26 Å². The lowest BCUT2D eigenvalue weighted by atomic mass is 9.91. The van der Waals surface area contributed by atoms with Crippen molar-refractivity contribution in [1.82, 2.24) is 4.90 Å². The molecule has 2 heterocycles. The van der Waals surface area contributed by atoms with Gasteiger partial charge in [-0.25, -0.2) is 0 Å². The van der Waals surface area contributed by atoms with Crippen molar-refractivity contribution < 1.29 is 13.9 Å². The van der Waals surface area contributed by atoms with Gasteiger partial charge in [0.15, 0.2) is 5.76 Å². The molecule has 1 aromatic heterocycles. The molecule has 2 aromatic rings. The molecule has 2 unspecified atom stereocenters. The van der Waals surface area contributed by atoms with E-state index in [0.717, 1.165) is 24.4 Å². The highest BCUT2D eigenvalue weighted by Crippen LogP contribution is 2.24. The molecule has 1 aliphatic heterocycles. The minimum Gasteiger partial charge on any atom is -0.489 e. The lowest BCUT2D eigenvalue weighted by Gasteiger charge is -2.34. The number of likely N-dealkylation sites (tertiary alicyclic amines) is 1. The van der Waals surface area contributed by atoms with Crippen molar-refractivity contribution in [1.29, 1.82) is 0 Å². The van der Waals surface area contributed by atoms with Crippen LogP contribution in [0.3, 0.4) is 0 Å². The Kier molecular flexibility index (Phi) is 4.70. The number of carbonyl (C=O) groups is 1. The summed E-state index contributed by atoms with van der Waals surface area (Å²) >= 11 is 0. The van der Waals surface area contributed by atoms with E-state index < -0.39 is 0 Å². The number of rotatable bonds is 4. The van der Waals surface area contributed by atoms with Gasteiger partial charge in [0.2, 0.25) is 0 Å². The molecular weight excluding hydrogens is 290 g/mol. The maximum Gasteiger partial charge on any atom is 0.289 e. The molecular formula is C19H23NO3. The third-order valence-electron chi connectivity index (χ3n) is 4.23. The van der Waals surface area contributed by atoms with Crippen LogP contribution in [0.15, 0.2) is 47.1 Å². The van der Waals surface area contributed by atoms with E-state index >= 15 is 0 Å². The van der Waals surface area contributed by atoms with E-state index in [-0.39, 0.29) is 5.91 Å². The van der Waals surface area contributed by atoms with Gasteiger partial charge in [0.25, 0.3) is 5.91 Å². The number of furan rings is 1. The van der Waals surface area contributed by atoms with Gasteiger partial charge >= 0.3 is 0 Å². The zero-order valence-corrected chi connectivity index (χ0v) is 13.7. The van der Waals surface area contributed by atoms with Crippen LogP contribution < -0.4 is 4.74 Å². The van der Waals surface area contributed by atoms with Crippen molar-refractivity contribution in [2.24, 2.45) is 11.8 Å². The summed E-state index contributed by atoms with van der Waals surface area (Å²) in [7, 11) is 0. The number of piperidine rings is 1. The van der Waals surface area contributed by atoms with Gasteiger partial charge in [0.1, 0.15) is 12.4 Å². The fourth-order valence-electron chi connectivity index (χ4n) is 3.29. The fraction of sp³-hybridized carbons (Fsp3) is 0.421. The highest BCUT2D eigenvalue weighted by molar-refractivity contribution is 5.93. The monoisotopic (exact) mass is 313 g/mol. The molecule has 122 valence electrons. The van der Waals surface area contributed by atoms with Gasteiger partial charge in [-0.15, -0.1) is 0 Å². The second-order valence-corrected chi connectivity index (χ2v) is 6.53. The van der Waals surface area contributed by atoms with Crippen LogP contribution in [0, 0.1) is 11.8 Å². The molecule has 1 saturated heterocycles. The van der Waals surface area contributed by atoms with Gasteiger partial charge in [0.05, 0.1) is 6.26 Å². The minimum absolute atomic E-state index is 0.0277. The molecule has 1 fully saturated rings. The van der Waals surface area contributed by atoms with Gasteiger partial charge in [-0.2, -0.15) is 0 Å². The number of amides is 1. The highest BCUT2D eigenvalue weighted by atomic mass is 16.5. The smallest absolute Gasteiger partial charge is 0.289 e. The Morgan fingerprint density at radius 2 is 1.87 bits per heavy atom. The Bertz CT molecular complexity index is 640.